The van der Waals surface area contributed by atoms with Crippen LogP contribution < -0.4 is 0 Å². The van der Waals surface area contributed by atoms with E-state index < -0.39 is 4.75 Å². The maximum absolute atomic E-state index is 12.1. The summed E-state index contributed by atoms with van der Waals surface area (Å²) in [6.07, 6.45) is 2.80. The Balaban J connectivity index is 1.72. The quantitative estimate of drug-likeness (QED) is 0.553. The summed E-state index contributed by atoms with van der Waals surface area (Å²) in [4.78, 5) is 12.1. The van der Waals surface area contributed by atoms with E-state index in [2.05, 4.69) is 0 Å². The fourth-order valence-corrected chi connectivity index (χ4v) is 7.83. The van der Waals surface area contributed by atoms with Gasteiger partial charge in [0, 0.05) is 0 Å². The van der Waals surface area contributed by atoms with E-state index in [0.29, 0.717) is 11.8 Å². The molecule has 0 spiro atoms. The summed E-state index contributed by atoms with van der Waals surface area (Å²) in [6.45, 7) is 0. The van der Waals surface area contributed by atoms with Gasteiger partial charge in [0.25, 0.3) is 0 Å². The molecule has 2 nitrogen and oxygen atoms in total. The molecule has 0 aliphatic heterocycles. The van der Waals surface area contributed by atoms with E-state index in [4.69, 9.17) is 17.4 Å². The molecule has 0 saturated heterocycles. The van der Waals surface area contributed by atoms with Crippen molar-refractivity contribution >= 4 is 18.6 Å². The molecule has 9 unspecified atom stereocenters. The van der Waals surface area contributed by atoms with E-state index in [0.717, 1.165) is 35.5 Å². The molecule has 3 heteroatoms. The smallest absolute Gasteiger partial charge is 0.322 e. The molecule has 5 saturated carbocycles. The SMILES string of the molecule is COC(=O)C1(S)C2C3CC4C5C3CC2C5C41. The number of carbonyl (C=O) groups is 1. The zero-order valence-corrected chi connectivity index (χ0v) is 10.2. The lowest BCUT2D eigenvalue weighted by molar-refractivity contribution is -0.150. The molecule has 0 heterocycles. The van der Waals surface area contributed by atoms with Crippen molar-refractivity contribution in [3.8, 4) is 0 Å². The summed E-state index contributed by atoms with van der Waals surface area (Å²) < 4.78 is 4.66. The van der Waals surface area contributed by atoms with E-state index in [-0.39, 0.29) is 5.97 Å². The number of thiol groups is 1. The zero-order valence-electron chi connectivity index (χ0n) is 9.30. The number of carbonyl (C=O) groups excluding carboxylic acids is 1. The van der Waals surface area contributed by atoms with Crippen molar-refractivity contribution in [1.29, 1.82) is 0 Å². The number of hydrogen-bond acceptors (Lipinski definition) is 3. The van der Waals surface area contributed by atoms with Crippen molar-refractivity contribution in [3.63, 3.8) is 0 Å². The fraction of sp³-hybridized carbons (Fsp3) is 0.923. The van der Waals surface area contributed by atoms with Gasteiger partial charge in [0.1, 0.15) is 4.75 Å². The second-order valence-corrected chi connectivity index (χ2v) is 7.39. The monoisotopic (exact) mass is 236 g/mol. The minimum absolute atomic E-state index is 0.0333. The molecule has 2 bridgehead atoms. The first-order valence-electron chi connectivity index (χ1n) is 6.50. The van der Waals surface area contributed by atoms with Crippen LogP contribution in [-0.2, 0) is 9.53 Å². The highest BCUT2D eigenvalue weighted by Gasteiger charge is 2.85. The Labute approximate surface area is 101 Å². The summed E-state index contributed by atoms with van der Waals surface area (Å²) in [6, 6.07) is 0. The van der Waals surface area contributed by atoms with Crippen molar-refractivity contribution in [3.05, 3.63) is 0 Å². The largest absolute Gasteiger partial charge is 0.468 e. The van der Waals surface area contributed by atoms with Crippen LogP contribution in [0.2, 0.25) is 0 Å². The Morgan fingerprint density at radius 1 is 1.12 bits per heavy atom. The van der Waals surface area contributed by atoms with E-state index in [1.807, 2.05) is 0 Å². The van der Waals surface area contributed by atoms with Crippen molar-refractivity contribution < 1.29 is 9.53 Å². The molecule has 9 atom stereocenters. The van der Waals surface area contributed by atoms with E-state index in [9.17, 15) is 4.79 Å². The third-order valence-corrected chi connectivity index (χ3v) is 7.67. The van der Waals surface area contributed by atoms with Crippen LogP contribution in [0, 0.1) is 47.3 Å². The zero-order chi connectivity index (χ0) is 10.8. The lowest BCUT2D eigenvalue weighted by Crippen LogP contribution is -2.55. The predicted octanol–water partition coefficient (Wildman–Crippen LogP) is 1.61. The summed E-state index contributed by atoms with van der Waals surface area (Å²) in [5, 5.41) is 0. The molecule has 86 valence electrons. The van der Waals surface area contributed by atoms with Crippen LogP contribution in [0.15, 0.2) is 0 Å². The molecule has 0 amide bonds. The van der Waals surface area contributed by atoms with Crippen LogP contribution in [0.4, 0.5) is 0 Å². The van der Waals surface area contributed by atoms with E-state index in [1.165, 1.54) is 20.0 Å². The van der Waals surface area contributed by atoms with E-state index >= 15 is 0 Å². The summed E-state index contributed by atoms with van der Waals surface area (Å²) in [5.74, 6) is 6.32. The average molecular weight is 236 g/mol. The molecular formula is C13H16O2S. The van der Waals surface area contributed by atoms with Gasteiger partial charge in [-0.2, -0.15) is 12.6 Å². The third-order valence-electron chi connectivity index (χ3n) is 6.89. The van der Waals surface area contributed by atoms with Gasteiger partial charge < -0.3 is 4.74 Å². The highest BCUT2D eigenvalue weighted by atomic mass is 32.1. The number of hydrogen-bond donors (Lipinski definition) is 1. The number of esters is 1. The van der Waals surface area contributed by atoms with Gasteiger partial charge in [-0.05, 0) is 60.2 Å². The summed E-state index contributed by atoms with van der Waals surface area (Å²) >= 11 is 4.86. The Bertz CT molecular complexity index is 416. The normalized spacial score (nSPS) is 71.1. The Hall–Kier alpha value is -0.180. The van der Waals surface area contributed by atoms with Gasteiger partial charge in [-0.3, -0.25) is 4.79 Å². The van der Waals surface area contributed by atoms with Crippen LogP contribution in [-0.4, -0.2) is 17.8 Å². The van der Waals surface area contributed by atoms with Gasteiger partial charge in [-0.15, -0.1) is 0 Å². The highest BCUT2D eigenvalue weighted by Crippen LogP contribution is 2.86. The molecule has 0 aromatic rings. The van der Waals surface area contributed by atoms with Gasteiger partial charge >= 0.3 is 5.97 Å². The topological polar surface area (TPSA) is 26.3 Å². The predicted molar refractivity (Wildman–Crippen MR) is 60.9 cm³/mol. The summed E-state index contributed by atoms with van der Waals surface area (Å²) in [7, 11) is 1.52. The summed E-state index contributed by atoms with van der Waals surface area (Å²) in [5.41, 5.74) is 0. The van der Waals surface area contributed by atoms with Gasteiger partial charge in [-0.1, -0.05) is 0 Å². The lowest BCUT2D eigenvalue weighted by atomic mass is 9.57. The van der Waals surface area contributed by atoms with Crippen LogP contribution in [0.1, 0.15) is 12.8 Å². The van der Waals surface area contributed by atoms with Gasteiger partial charge in [0.2, 0.25) is 0 Å². The number of rotatable bonds is 1. The molecule has 0 aromatic heterocycles. The average Bonchev–Trinajstić information content (AvgIpc) is 2.75. The molecule has 5 rings (SSSR count). The fourth-order valence-electron chi connectivity index (χ4n) is 6.99. The second-order valence-electron chi connectivity index (χ2n) is 6.65. The van der Waals surface area contributed by atoms with Crippen molar-refractivity contribution in [2.45, 2.75) is 17.6 Å². The first kappa shape index (κ1) is 8.84. The van der Waals surface area contributed by atoms with Crippen molar-refractivity contribution in [2.75, 3.05) is 7.11 Å². The lowest BCUT2D eigenvalue weighted by Gasteiger charge is -2.50. The highest BCUT2D eigenvalue weighted by molar-refractivity contribution is 7.82. The number of methoxy groups -OCH3 is 1. The van der Waals surface area contributed by atoms with Gasteiger partial charge in [-0.25, -0.2) is 0 Å². The third kappa shape index (κ3) is 0.558. The van der Waals surface area contributed by atoms with Gasteiger partial charge in [0.15, 0.2) is 0 Å². The van der Waals surface area contributed by atoms with Crippen molar-refractivity contribution in [1.82, 2.24) is 0 Å². The molecule has 16 heavy (non-hydrogen) atoms. The van der Waals surface area contributed by atoms with Crippen molar-refractivity contribution in [2.24, 2.45) is 47.3 Å². The van der Waals surface area contributed by atoms with Crippen LogP contribution >= 0.6 is 12.6 Å². The van der Waals surface area contributed by atoms with Crippen LogP contribution in [0.5, 0.6) is 0 Å². The second kappa shape index (κ2) is 2.21. The minimum Gasteiger partial charge on any atom is -0.468 e. The van der Waals surface area contributed by atoms with E-state index in [1.54, 1.807) is 0 Å². The Kier molecular flexibility index (Phi) is 1.22. The van der Waals surface area contributed by atoms with Crippen LogP contribution in [0.25, 0.3) is 0 Å². The molecule has 0 aromatic carbocycles. The maximum Gasteiger partial charge on any atom is 0.322 e. The molecule has 0 radical (unpaired) electrons. The number of ether oxygens (including phenoxy) is 1. The number of fused-ring (bicyclic) bond motifs is 2. The molecule has 5 aliphatic rings. The van der Waals surface area contributed by atoms with Gasteiger partial charge in [0.05, 0.1) is 7.11 Å². The standard InChI is InChI=1S/C13H16O2S/c1-15-12(14)13(16)10-5-3-6-8-4(5)2-7(10)9(8)11(6)13/h4-11,16H,2-3H2,1H3. The Morgan fingerprint density at radius 3 is 2.56 bits per heavy atom. The first-order chi connectivity index (χ1) is 7.69. The first-order valence-corrected chi connectivity index (χ1v) is 6.95. The van der Waals surface area contributed by atoms with Crippen LogP contribution in [0.3, 0.4) is 0 Å². The Morgan fingerprint density at radius 2 is 1.81 bits per heavy atom. The molecule has 5 aliphatic carbocycles. The molecule has 5 fully saturated rings. The maximum atomic E-state index is 12.1. The molecule has 0 N–H and O–H groups in total. The molecular weight excluding hydrogens is 220 g/mol. The minimum atomic E-state index is -0.403.